The van der Waals surface area contributed by atoms with E-state index in [2.05, 4.69) is 19.8 Å². The largest absolute Gasteiger partial charge is 0.358 e. The molecule has 0 saturated carbocycles. The summed E-state index contributed by atoms with van der Waals surface area (Å²) in [5.41, 5.74) is 0.760. The van der Waals surface area contributed by atoms with Crippen LogP contribution in [0.5, 0.6) is 0 Å². The highest BCUT2D eigenvalue weighted by Gasteiger charge is 2.15. The first-order valence-corrected chi connectivity index (χ1v) is 9.72. The Balaban J connectivity index is 1.89. The van der Waals surface area contributed by atoms with Crippen LogP contribution < -0.4 is 4.90 Å². The molecule has 23 heavy (non-hydrogen) atoms. The minimum atomic E-state index is -3.24. The van der Waals surface area contributed by atoms with Gasteiger partial charge in [0.05, 0.1) is 10.4 Å². The molecule has 1 fully saturated rings. The van der Waals surface area contributed by atoms with Gasteiger partial charge in [0, 0.05) is 31.8 Å². The Hall–Kier alpha value is -1.73. The lowest BCUT2D eigenvalue weighted by Crippen LogP contribution is -2.31. The van der Waals surface area contributed by atoms with Crippen molar-refractivity contribution in [1.82, 2.24) is 14.9 Å². The first-order valence-electron chi connectivity index (χ1n) is 7.83. The van der Waals surface area contributed by atoms with E-state index >= 15 is 0 Å². The molecule has 1 aliphatic heterocycles. The van der Waals surface area contributed by atoms with E-state index in [9.17, 15) is 8.42 Å². The van der Waals surface area contributed by atoms with Gasteiger partial charge in [-0.05, 0) is 44.1 Å². The summed E-state index contributed by atoms with van der Waals surface area (Å²) >= 11 is 0. The van der Waals surface area contributed by atoms with Crippen LogP contribution in [0, 0.1) is 0 Å². The maximum atomic E-state index is 11.8. The van der Waals surface area contributed by atoms with Crippen LogP contribution in [0.2, 0.25) is 0 Å². The van der Waals surface area contributed by atoms with Crippen molar-refractivity contribution >= 4 is 26.6 Å². The number of hydrogen-bond acceptors (Lipinski definition) is 6. The van der Waals surface area contributed by atoms with E-state index in [1.807, 2.05) is 7.05 Å². The van der Waals surface area contributed by atoms with Crippen LogP contribution in [0.25, 0.3) is 10.9 Å². The molecule has 3 rings (SSSR count). The molecule has 1 saturated heterocycles. The van der Waals surface area contributed by atoms with Gasteiger partial charge in [-0.1, -0.05) is 0 Å². The summed E-state index contributed by atoms with van der Waals surface area (Å²) in [4.78, 5) is 13.4. The SMILES string of the molecule is CN(CCN1CCCC1)c1ncnc2ccc(S(C)(=O)=O)cc12. The number of nitrogens with zero attached hydrogens (tertiary/aromatic N) is 4. The Kier molecular flexibility index (Phi) is 4.50. The van der Waals surface area contributed by atoms with Crippen LogP contribution in [0.1, 0.15) is 12.8 Å². The first kappa shape index (κ1) is 16.1. The summed E-state index contributed by atoms with van der Waals surface area (Å²) in [6.45, 7) is 4.18. The molecule has 124 valence electrons. The minimum absolute atomic E-state index is 0.300. The molecule has 7 heteroatoms. The van der Waals surface area contributed by atoms with Crippen LogP contribution in [-0.4, -0.2) is 62.8 Å². The highest BCUT2D eigenvalue weighted by molar-refractivity contribution is 7.90. The molecule has 0 atom stereocenters. The fraction of sp³-hybridized carbons (Fsp3) is 0.500. The van der Waals surface area contributed by atoms with Crippen LogP contribution in [0.15, 0.2) is 29.4 Å². The van der Waals surface area contributed by atoms with E-state index in [0.29, 0.717) is 4.90 Å². The van der Waals surface area contributed by atoms with Crippen LogP contribution in [-0.2, 0) is 9.84 Å². The molecular formula is C16H22N4O2S. The summed E-state index contributed by atoms with van der Waals surface area (Å²) in [6, 6.07) is 5.01. The number of sulfone groups is 1. The lowest BCUT2D eigenvalue weighted by Gasteiger charge is -2.23. The number of likely N-dealkylation sites (tertiary alicyclic amines) is 1. The predicted molar refractivity (Wildman–Crippen MR) is 91.6 cm³/mol. The third-order valence-electron chi connectivity index (χ3n) is 4.33. The average molecular weight is 334 g/mol. The molecule has 0 aliphatic carbocycles. The van der Waals surface area contributed by atoms with Crippen molar-refractivity contribution in [2.75, 3.05) is 44.4 Å². The number of benzene rings is 1. The van der Waals surface area contributed by atoms with Crippen molar-refractivity contribution in [1.29, 1.82) is 0 Å². The fourth-order valence-electron chi connectivity index (χ4n) is 2.96. The van der Waals surface area contributed by atoms with Crippen molar-refractivity contribution in [2.45, 2.75) is 17.7 Å². The standard InChI is InChI=1S/C16H22N4O2S/c1-19(9-10-20-7-3-4-8-20)16-14-11-13(23(2,21)22)5-6-15(14)17-12-18-16/h5-6,11-12H,3-4,7-10H2,1-2H3. The number of fused-ring (bicyclic) bond motifs is 1. The van der Waals surface area contributed by atoms with Crippen molar-refractivity contribution in [3.63, 3.8) is 0 Å². The molecule has 2 heterocycles. The molecule has 6 nitrogen and oxygen atoms in total. The normalized spacial score (nSPS) is 16.1. The summed E-state index contributed by atoms with van der Waals surface area (Å²) in [5, 5.41) is 0.777. The Bertz CT molecular complexity index is 801. The monoisotopic (exact) mass is 334 g/mol. The van der Waals surface area contributed by atoms with Crippen molar-refractivity contribution in [2.24, 2.45) is 0 Å². The third kappa shape index (κ3) is 3.61. The van der Waals surface area contributed by atoms with Gasteiger partial charge in [0.15, 0.2) is 9.84 Å². The summed E-state index contributed by atoms with van der Waals surface area (Å²) in [5.74, 6) is 0.777. The average Bonchev–Trinajstić information content (AvgIpc) is 3.04. The topological polar surface area (TPSA) is 66.4 Å². The van der Waals surface area contributed by atoms with Gasteiger partial charge in [0.1, 0.15) is 12.1 Å². The summed E-state index contributed by atoms with van der Waals surface area (Å²) in [7, 11) is -1.25. The smallest absolute Gasteiger partial charge is 0.175 e. The molecule has 0 amide bonds. The number of likely N-dealkylation sites (N-methyl/N-ethyl adjacent to an activating group) is 1. The van der Waals surface area contributed by atoms with Gasteiger partial charge in [-0.3, -0.25) is 0 Å². The maximum Gasteiger partial charge on any atom is 0.175 e. The minimum Gasteiger partial charge on any atom is -0.358 e. The molecule has 0 bridgehead atoms. The zero-order valence-corrected chi connectivity index (χ0v) is 14.4. The molecule has 0 unspecified atom stereocenters. The predicted octanol–water partition coefficient (Wildman–Crippen LogP) is 1.57. The molecule has 1 aromatic carbocycles. The van der Waals surface area contributed by atoms with Crippen LogP contribution >= 0.6 is 0 Å². The number of hydrogen-bond donors (Lipinski definition) is 0. The highest BCUT2D eigenvalue weighted by atomic mass is 32.2. The van der Waals surface area contributed by atoms with Gasteiger partial charge in [-0.15, -0.1) is 0 Å². The van der Waals surface area contributed by atoms with Gasteiger partial charge >= 0.3 is 0 Å². The Morgan fingerprint density at radius 3 is 2.65 bits per heavy atom. The summed E-state index contributed by atoms with van der Waals surface area (Å²) in [6.07, 6.45) is 5.30. The van der Waals surface area contributed by atoms with Gasteiger partial charge in [0.25, 0.3) is 0 Å². The Labute approximate surface area is 137 Å². The molecular weight excluding hydrogens is 312 g/mol. The number of rotatable bonds is 5. The van der Waals surface area contributed by atoms with Gasteiger partial charge in [0.2, 0.25) is 0 Å². The molecule has 1 aromatic heterocycles. The van der Waals surface area contributed by atoms with Crippen molar-refractivity contribution in [3.8, 4) is 0 Å². The maximum absolute atomic E-state index is 11.8. The van der Waals surface area contributed by atoms with E-state index in [-0.39, 0.29) is 0 Å². The lowest BCUT2D eigenvalue weighted by atomic mass is 10.2. The van der Waals surface area contributed by atoms with Crippen LogP contribution in [0.3, 0.4) is 0 Å². The molecule has 2 aromatic rings. The van der Waals surface area contributed by atoms with Crippen molar-refractivity contribution in [3.05, 3.63) is 24.5 Å². The molecule has 0 radical (unpaired) electrons. The van der Waals surface area contributed by atoms with E-state index < -0.39 is 9.84 Å². The van der Waals surface area contributed by atoms with Crippen molar-refractivity contribution < 1.29 is 8.42 Å². The molecule has 0 spiro atoms. The van der Waals surface area contributed by atoms with E-state index in [1.165, 1.54) is 25.4 Å². The second kappa shape index (κ2) is 6.41. The Morgan fingerprint density at radius 1 is 1.22 bits per heavy atom. The zero-order valence-electron chi connectivity index (χ0n) is 13.6. The summed E-state index contributed by atoms with van der Waals surface area (Å²) < 4.78 is 23.6. The zero-order chi connectivity index (χ0) is 16.4. The van der Waals surface area contributed by atoms with E-state index in [1.54, 1.807) is 18.2 Å². The second-order valence-electron chi connectivity index (χ2n) is 6.12. The van der Waals surface area contributed by atoms with Gasteiger partial charge in [-0.25, -0.2) is 18.4 Å². The van der Waals surface area contributed by atoms with Gasteiger partial charge in [-0.2, -0.15) is 0 Å². The van der Waals surface area contributed by atoms with E-state index in [4.69, 9.17) is 0 Å². The van der Waals surface area contributed by atoms with E-state index in [0.717, 1.165) is 42.9 Å². The van der Waals surface area contributed by atoms with Gasteiger partial charge < -0.3 is 9.80 Å². The third-order valence-corrected chi connectivity index (χ3v) is 5.44. The fourth-order valence-corrected chi connectivity index (χ4v) is 3.61. The quantitative estimate of drug-likeness (QED) is 0.827. The first-order chi connectivity index (χ1) is 10.9. The molecule has 1 aliphatic rings. The Morgan fingerprint density at radius 2 is 1.96 bits per heavy atom. The number of aromatic nitrogens is 2. The highest BCUT2D eigenvalue weighted by Crippen LogP contribution is 2.25. The number of anilines is 1. The molecule has 0 N–H and O–H groups in total. The van der Waals surface area contributed by atoms with Crippen LogP contribution in [0.4, 0.5) is 5.82 Å². The second-order valence-corrected chi connectivity index (χ2v) is 8.13. The lowest BCUT2D eigenvalue weighted by molar-refractivity contribution is 0.346.